The molecule has 6 nitrogen and oxygen atoms in total. The quantitative estimate of drug-likeness (QED) is 0.533. The Balaban J connectivity index is 1.64. The van der Waals surface area contributed by atoms with E-state index in [1.165, 1.54) is 27.1 Å². The molecular formula is C20H17N3O3S. The summed E-state index contributed by atoms with van der Waals surface area (Å²) in [6, 6.07) is 13.3. The standard InChI is InChI=1S/C20H17N3O3S/c1-22(10-15-8-5-9-26-15)17(24)11-23-13-21-19-18(20(23)25)16(12-27-19)14-6-3-2-4-7-14/h2-9,12-13H,10-11H2,1H3. The zero-order valence-corrected chi connectivity index (χ0v) is 15.5. The van der Waals surface area contributed by atoms with Crippen molar-refractivity contribution in [2.45, 2.75) is 13.1 Å². The van der Waals surface area contributed by atoms with E-state index in [9.17, 15) is 9.59 Å². The zero-order chi connectivity index (χ0) is 18.8. The molecule has 0 N–H and O–H groups in total. The molecule has 0 aliphatic heterocycles. The Morgan fingerprint density at radius 1 is 1.22 bits per heavy atom. The molecule has 3 aromatic heterocycles. The van der Waals surface area contributed by atoms with Crippen molar-refractivity contribution in [3.63, 3.8) is 0 Å². The highest BCUT2D eigenvalue weighted by Gasteiger charge is 2.16. The number of furan rings is 1. The van der Waals surface area contributed by atoms with Crippen molar-refractivity contribution < 1.29 is 9.21 Å². The Kier molecular flexibility index (Phi) is 4.60. The maximum Gasteiger partial charge on any atom is 0.263 e. The van der Waals surface area contributed by atoms with Crippen LogP contribution >= 0.6 is 11.3 Å². The molecule has 0 radical (unpaired) electrons. The van der Waals surface area contributed by atoms with Gasteiger partial charge in [-0.05, 0) is 17.7 Å². The van der Waals surface area contributed by atoms with Gasteiger partial charge in [-0.15, -0.1) is 11.3 Å². The number of nitrogens with zero attached hydrogens (tertiary/aromatic N) is 3. The van der Waals surface area contributed by atoms with E-state index >= 15 is 0 Å². The molecule has 0 spiro atoms. The number of aromatic nitrogens is 2. The zero-order valence-electron chi connectivity index (χ0n) is 14.7. The second-order valence-electron chi connectivity index (χ2n) is 6.20. The van der Waals surface area contributed by atoms with Gasteiger partial charge in [0.05, 0.1) is 24.5 Å². The van der Waals surface area contributed by atoms with E-state index < -0.39 is 0 Å². The number of hydrogen-bond acceptors (Lipinski definition) is 5. The van der Waals surface area contributed by atoms with Gasteiger partial charge in [0.1, 0.15) is 17.1 Å². The fourth-order valence-corrected chi connectivity index (χ4v) is 3.81. The lowest BCUT2D eigenvalue weighted by molar-refractivity contribution is -0.131. The number of amides is 1. The molecule has 0 atom stereocenters. The highest BCUT2D eigenvalue weighted by atomic mass is 32.1. The first-order chi connectivity index (χ1) is 13.1. The van der Waals surface area contributed by atoms with Crippen LogP contribution in [0.15, 0.2) is 69.6 Å². The van der Waals surface area contributed by atoms with Crippen LogP contribution in [0.25, 0.3) is 21.3 Å². The molecule has 0 aliphatic rings. The van der Waals surface area contributed by atoms with Crippen molar-refractivity contribution in [1.82, 2.24) is 14.5 Å². The van der Waals surface area contributed by atoms with Crippen molar-refractivity contribution in [2.75, 3.05) is 7.05 Å². The summed E-state index contributed by atoms with van der Waals surface area (Å²) >= 11 is 1.43. The van der Waals surface area contributed by atoms with Crippen LogP contribution in [-0.4, -0.2) is 27.4 Å². The average Bonchev–Trinajstić information content (AvgIpc) is 3.34. The second kappa shape index (κ2) is 7.20. The third-order valence-electron chi connectivity index (χ3n) is 4.35. The normalized spacial score (nSPS) is 11.0. The third-order valence-corrected chi connectivity index (χ3v) is 5.24. The van der Waals surface area contributed by atoms with Crippen LogP contribution in [0, 0.1) is 0 Å². The lowest BCUT2D eigenvalue weighted by Gasteiger charge is -2.16. The van der Waals surface area contributed by atoms with E-state index in [1.54, 1.807) is 25.4 Å². The Morgan fingerprint density at radius 3 is 2.78 bits per heavy atom. The Labute approximate surface area is 159 Å². The summed E-state index contributed by atoms with van der Waals surface area (Å²) in [7, 11) is 1.68. The molecule has 0 unspecified atom stereocenters. The SMILES string of the molecule is CN(Cc1ccco1)C(=O)Cn1cnc2scc(-c3ccccc3)c2c1=O. The van der Waals surface area contributed by atoms with Crippen LogP contribution in [0.3, 0.4) is 0 Å². The number of rotatable bonds is 5. The van der Waals surface area contributed by atoms with E-state index in [0.717, 1.165) is 11.1 Å². The lowest BCUT2D eigenvalue weighted by Crippen LogP contribution is -2.33. The molecular weight excluding hydrogens is 362 g/mol. The Bertz CT molecular complexity index is 1130. The molecule has 3 heterocycles. The minimum atomic E-state index is -0.208. The molecule has 1 amide bonds. The van der Waals surface area contributed by atoms with Gasteiger partial charge in [0.15, 0.2) is 0 Å². The van der Waals surface area contributed by atoms with Crippen molar-refractivity contribution >= 4 is 27.5 Å². The number of carbonyl (C=O) groups is 1. The predicted octanol–water partition coefficient (Wildman–Crippen LogP) is 3.38. The molecule has 0 bridgehead atoms. The summed E-state index contributed by atoms with van der Waals surface area (Å²) in [5, 5.41) is 2.49. The summed E-state index contributed by atoms with van der Waals surface area (Å²) in [4.78, 5) is 32.1. The summed E-state index contributed by atoms with van der Waals surface area (Å²) in [5.74, 6) is 0.502. The lowest BCUT2D eigenvalue weighted by atomic mass is 10.1. The molecule has 7 heteroatoms. The molecule has 0 saturated carbocycles. The van der Waals surface area contributed by atoms with Crippen LogP contribution in [0.4, 0.5) is 0 Å². The maximum atomic E-state index is 13.0. The van der Waals surface area contributed by atoms with Gasteiger partial charge < -0.3 is 9.32 Å². The highest BCUT2D eigenvalue weighted by molar-refractivity contribution is 7.17. The summed E-state index contributed by atoms with van der Waals surface area (Å²) in [6.45, 7) is 0.285. The van der Waals surface area contributed by atoms with E-state index in [2.05, 4.69) is 4.98 Å². The van der Waals surface area contributed by atoms with Gasteiger partial charge in [-0.3, -0.25) is 14.2 Å². The van der Waals surface area contributed by atoms with Gasteiger partial charge in [-0.25, -0.2) is 4.98 Å². The largest absolute Gasteiger partial charge is 0.467 e. The van der Waals surface area contributed by atoms with Crippen LogP contribution in [0.1, 0.15) is 5.76 Å². The van der Waals surface area contributed by atoms with E-state index in [1.807, 2.05) is 35.7 Å². The van der Waals surface area contributed by atoms with E-state index in [4.69, 9.17) is 4.42 Å². The van der Waals surface area contributed by atoms with Crippen LogP contribution < -0.4 is 5.56 Å². The second-order valence-corrected chi connectivity index (χ2v) is 7.06. The number of fused-ring (bicyclic) bond motifs is 1. The molecule has 136 valence electrons. The molecule has 0 saturated heterocycles. The number of benzene rings is 1. The third kappa shape index (κ3) is 3.41. The maximum absolute atomic E-state index is 13.0. The van der Waals surface area contributed by atoms with Gasteiger partial charge in [-0.2, -0.15) is 0 Å². The van der Waals surface area contributed by atoms with Crippen molar-refractivity contribution in [3.8, 4) is 11.1 Å². The first kappa shape index (κ1) is 17.2. The minimum Gasteiger partial charge on any atom is -0.467 e. The van der Waals surface area contributed by atoms with Crippen molar-refractivity contribution in [2.24, 2.45) is 0 Å². The molecule has 1 aromatic carbocycles. The van der Waals surface area contributed by atoms with Crippen molar-refractivity contribution in [3.05, 3.63) is 76.5 Å². The number of carbonyl (C=O) groups excluding carboxylic acids is 1. The first-order valence-electron chi connectivity index (χ1n) is 8.42. The Hall–Kier alpha value is -3.19. The average molecular weight is 379 g/mol. The molecule has 0 aliphatic carbocycles. The van der Waals surface area contributed by atoms with Crippen molar-refractivity contribution in [1.29, 1.82) is 0 Å². The van der Waals surface area contributed by atoms with Gasteiger partial charge in [0, 0.05) is 18.0 Å². The summed E-state index contributed by atoms with van der Waals surface area (Å²) < 4.78 is 6.63. The first-order valence-corrected chi connectivity index (χ1v) is 9.30. The number of thiophene rings is 1. The van der Waals surface area contributed by atoms with Crippen LogP contribution in [-0.2, 0) is 17.9 Å². The van der Waals surface area contributed by atoms with E-state index in [-0.39, 0.29) is 18.0 Å². The summed E-state index contributed by atoms with van der Waals surface area (Å²) in [6.07, 6.45) is 3.01. The molecule has 4 rings (SSSR count). The predicted molar refractivity (Wildman–Crippen MR) is 104 cm³/mol. The Morgan fingerprint density at radius 2 is 2.04 bits per heavy atom. The van der Waals surface area contributed by atoms with Gasteiger partial charge in [0.25, 0.3) is 5.56 Å². The van der Waals surface area contributed by atoms with Gasteiger partial charge in [0.2, 0.25) is 5.91 Å². The fourth-order valence-electron chi connectivity index (χ4n) is 2.90. The smallest absolute Gasteiger partial charge is 0.263 e. The van der Waals surface area contributed by atoms with Crippen LogP contribution in [0.5, 0.6) is 0 Å². The van der Waals surface area contributed by atoms with Gasteiger partial charge >= 0.3 is 0 Å². The molecule has 27 heavy (non-hydrogen) atoms. The molecule has 4 aromatic rings. The monoisotopic (exact) mass is 379 g/mol. The minimum absolute atomic E-state index is 0.0664. The fraction of sp³-hybridized carbons (Fsp3) is 0.150. The van der Waals surface area contributed by atoms with Crippen LogP contribution in [0.2, 0.25) is 0 Å². The highest BCUT2D eigenvalue weighted by Crippen LogP contribution is 2.30. The topological polar surface area (TPSA) is 68.3 Å². The van der Waals surface area contributed by atoms with E-state index in [0.29, 0.717) is 22.5 Å². The molecule has 0 fully saturated rings. The number of likely N-dealkylation sites (N-methyl/N-ethyl adjacent to an activating group) is 1. The van der Waals surface area contributed by atoms with Gasteiger partial charge in [-0.1, -0.05) is 30.3 Å². The summed E-state index contributed by atoms with van der Waals surface area (Å²) in [5.41, 5.74) is 1.60. The number of hydrogen-bond donors (Lipinski definition) is 0.